The summed E-state index contributed by atoms with van der Waals surface area (Å²) in [5.41, 5.74) is 2.16. The van der Waals surface area contributed by atoms with E-state index in [4.69, 9.17) is 32.4 Å². The number of aryl methyl sites for hydroxylation is 1. The van der Waals surface area contributed by atoms with Gasteiger partial charge in [0.25, 0.3) is 0 Å². The van der Waals surface area contributed by atoms with Crippen molar-refractivity contribution in [2.75, 3.05) is 31.1 Å². The number of nitrogens with zero attached hydrogens (tertiary/aromatic N) is 2. The van der Waals surface area contributed by atoms with Crippen molar-refractivity contribution >= 4 is 34.8 Å². The summed E-state index contributed by atoms with van der Waals surface area (Å²) in [7, 11) is 0. The van der Waals surface area contributed by atoms with Crippen molar-refractivity contribution in [2.45, 2.75) is 19.4 Å². The molecule has 2 heterocycles. The molecule has 1 amide bonds. The fraction of sp³-hybridized carbons (Fsp3) is 0.304. The number of hydrogen-bond donors (Lipinski definition) is 1. The maximum absolute atomic E-state index is 13.1. The minimum Gasteiger partial charge on any atom is -0.441 e. The summed E-state index contributed by atoms with van der Waals surface area (Å²) in [6, 6.07) is 11.4. The molecular weight excluding hydrogens is 456 g/mol. The van der Waals surface area contributed by atoms with Crippen LogP contribution in [0.25, 0.3) is 11.5 Å². The van der Waals surface area contributed by atoms with E-state index >= 15 is 0 Å². The molecule has 1 N–H and O–H groups in total. The third-order valence-corrected chi connectivity index (χ3v) is 5.98. The van der Waals surface area contributed by atoms with Crippen LogP contribution >= 0.6 is 23.2 Å². The van der Waals surface area contributed by atoms with Gasteiger partial charge in [-0.25, -0.2) is 9.37 Å². The summed E-state index contributed by atoms with van der Waals surface area (Å²) in [5, 5.41) is 3.92. The Morgan fingerprint density at radius 2 is 2.00 bits per heavy atom. The van der Waals surface area contributed by atoms with Gasteiger partial charge < -0.3 is 19.4 Å². The second-order valence-corrected chi connectivity index (χ2v) is 8.36. The van der Waals surface area contributed by atoms with Gasteiger partial charge >= 0.3 is 0 Å². The number of halogens is 3. The maximum atomic E-state index is 13.1. The highest BCUT2D eigenvalue weighted by Crippen LogP contribution is 2.28. The highest BCUT2D eigenvalue weighted by molar-refractivity contribution is 6.42. The first-order valence-electron chi connectivity index (χ1n) is 10.2. The minimum atomic E-state index is -0.334. The molecule has 0 unspecified atom stereocenters. The zero-order valence-electron chi connectivity index (χ0n) is 17.4. The summed E-state index contributed by atoms with van der Waals surface area (Å²) >= 11 is 12.1. The monoisotopic (exact) mass is 477 g/mol. The number of aromatic nitrogens is 1. The standard InChI is InChI=1S/C23H22Cl2FN3O3/c1-14-21(28-23(32-14)15-2-4-16(26)5-3-15)11-22(30)27-12-18-13-29(8-9-31-18)17-6-7-19(24)20(25)10-17/h2-7,10,18H,8-9,11-13H2,1H3,(H,27,30)/t18-/m0/s1. The Hall–Kier alpha value is -2.61. The number of nitrogens with one attached hydrogen (secondary N) is 1. The quantitative estimate of drug-likeness (QED) is 0.559. The zero-order valence-corrected chi connectivity index (χ0v) is 18.9. The van der Waals surface area contributed by atoms with Gasteiger partial charge in [-0.3, -0.25) is 4.79 Å². The molecule has 4 rings (SSSR count). The van der Waals surface area contributed by atoms with E-state index in [2.05, 4.69) is 15.2 Å². The predicted molar refractivity (Wildman–Crippen MR) is 122 cm³/mol. The van der Waals surface area contributed by atoms with Crippen LogP contribution < -0.4 is 10.2 Å². The van der Waals surface area contributed by atoms with Crippen LogP contribution in [0.2, 0.25) is 10.0 Å². The summed E-state index contributed by atoms with van der Waals surface area (Å²) in [4.78, 5) is 19.0. The van der Waals surface area contributed by atoms with Gasteiger partial charge in [-0.05, 0) is 49.4 Å². The van der Waals surface area contributed by atoms with Crippen molar-refractivity contribution in [3.05, 3.63) is 69.8 Å². The molecule has 1 aliphatic heterocycles. The van der Waals surface area contributed by atoms with Crippen LogP contribution in [0.1, 0.15) is 11.5 Å². The SMILES string of the molecule is Cc1oc(-c2ccc(F)cc2)nc1CC(=O)NC[C@H]1CN(c2ccc(Cl)c(Cl)c2)CCO1. The lowest BCUT2D eigenvalue weighted by Gasteiger charge is -2.34. The predicted octanol–water partition coefficient (Wildman–Crippen LogP) is 4.66. The number of oxazole rings is 1. The highest BCUT2D eigenvalue weighted by atomic mass is 35.5. The first kappa shape index (κ1) is 22.6. The molecule has 0 radical (unpaired) electrons. The molecule has 2 aromatic carbocycles. The molecule has 0 saturated carbocycles. The van der Waals surface area contributed by atoms with Gasteiger partial charge in [0.2, 0.25) is 11.8 Å². The van der Waals surface area contributed by atoms with Gasteiger partial charge in [0.05, 0.1) is 34.9 Å². The molecule has 1 aromatic heterocycles. The van der Waals surface area contributed by atoms with E-state index in [1.54, 1.807) is 25.1 Å². The molecule has 0 bridgehead atoms. The third kappa shape index (κ3) is 5.41. The van der Waals surface area contributed by atoms with E-state index in [-0.39, 0.29) is 24.2 Å². The summed E-state index contributed by atoms with van der Waals surface area (Å²) < 4.78 is 24.6. The van der Waals surface area contributed by atoms with E-state index in [0.717, 1.165) is 12.2 Å². The highest BCUT2D eigenvalue weighted by Gasteiger charge is 2.22. The zero-order chi connectivity index (χ0) is 22.7. The average Bonchev–Trinajstić information content (AvgIpc) is 3.15. The Kier molecular flexibility index (Phi) is 6.98. The maximum Gasteiger partial charge on any atom is 0.226 e. The fourth-order valence-corrected chi connectivity index (χ4v) is 3.80. The molecular formula is C23H22Cl2FN3O3. The number of rotatable bonds is 6. The van der Waals surface area contributed by atoms with Crippen LogP contribution in [0, 0.1) is 12.7 Å². The lowest BCUT2D eigenvalue weighted by atomic mass is 10.2. The number of hydrogen-bond acceptors (Lipinski definition) is 5. The molecule has 1 fully saturated rings. The molecule has 6 nitrogen and oxygen atoms in total. The van der Waals surface area contributed by atoms with Gasteiger partial charge in [-0.1, -0.05) is 23.2 Å². The molecule has 3 aromatic rings. The number of amides is 1. The van der Waals surface area contributed by atoms with Crippen molar-refractivity contribution in [3.8, 4) is 11.5 Å². The van der Waals surface area contributed by atoms with Crippen molar-refractivity contribution in [1.29, 1.82) is 0 Å². The summed E-state index contributed by atoms with van der Waals surface area (Å²) in [6.45, 7) is 4.02. The van der Waals surface area contributed by atoms with Crippen LogP contribution in [-0.4, -0.2) is 43.2 Å². The average molecular weight is 478 g/mol. The Balaban J connectivity index is 1.32. The topological polar surface area (TPSA) is 67.6 Å². The van der Waals surface area contributed by atoms with Gasteiger partial charge in [-0.2, -0.15) is 0 Å². The Labute approximate surface area is 195 Å². The van der Waals surface area contributed by atoms with Gasteiger partial charge in [0.1, 0.15) is 11.6 Å². The minimum absolute atomic E-state index is 0.0831. The number of ether oxygens (including phenoxy) is 1. The van der Waals surface area contributed by atoms with E-state index in [1.165, 1.54) is 12.1 Å². The van der Waals surface area contributed by atoms with Crippen LogP contribution in [-0.2, 0) is 16.0 Å². The molecule has 168 valence electrons. The second-order valence-electron chi connectivity index (χ2n) is 7.55. The number of carbonyl (C=O) groups excluding carboxylic acids is 1. The molecule has 9 heteroatoms. The molecule has 1 atom stereocenters. The number of carbonyl (C=O) groups is 1. The number of benzene rings is 2. The van der Waals surface area contributed by atoms with Crippen LogP contribution in [0.3, 0.4) is 0 Å². The molecule has 1 aliphatic rings. The third-order valence-electron chi connectivity index (χ3n) is 5.25. The smallest absolute Gasteiger partial charge is 0.226 e. The fourth-order valence-electron chi connectivity index (χ4n) is 3.51. The van der Waals surface area contributed by atoms with Gasteiger partial charge in [0.15, 0.2) is 0 Å². The van der Waals surface area contributed by atoms with E-state index in [0.29, 0.717) is 52.7 Å². The van der Waals surface area contributed by atoms with Crippen LogP contribution in [0.4, 0.5) is 10.1 Å². The van der Waals surface area contributed by atoms with E-state index in [1.807, 2.05) is 12.1 Å². The van der Waals surface area contributed by atoms with Crippen molar-refractivity contribution in [3.63, 3.8) is 0 Å². The van der Waals surface area contributed by atoms with E-state index < -0.39 is 0 Å². The Morgan fingerprint density at radius 1 is 1.22 bits per heavy atom. The number of morpholine rings is 1. The largest absolute Gasteiger partial charge is 0.441 e. The molecule has 32 heavy (non-hydrogen) atoms. The van der Waals surface area contributed by atoms with Crippen molar-refractivity contribution in [1.82, 2.24) is 10.3 Å². The normalized spacial score (nSPS) is 16.2. The van der Waals surface area contributed by atoms with E-state index in [9.17, 15) is 9.18 Å². The second kappa shape index (κ2) is 9.90. The molecule has 1 saturated heterocycles. The number of anilines is 1. The lowest BCUT2D eigenvalue weighted by molar-refractivity contribution is -0.121. The van der Waals surface area contributed by atoms with Crippen molar-refractivity contribution in [2.24, 2.45) is 0 Å². The van der Waals surface area contributed by atoms with Crippen LogP contribution in [0.5, 0.6) is 0 Å². The Bertz CT molecular complexity index is 1100. The van der Waals surface area contributed by atoms with Crippen LogP contribution in [0.15, 0.2) is 46.9 Å². The first-order valence-corrected chi connectivity index (χ1v) is 10.9. The first-order chi connectivity index (χ1) is 15.4. The van der Waals surface area contributed by atoms with Crippen molar-refractivity contribution < 1.29 is 18.3 Å². The van der Waals surface area contributed by atoms with Gasteiger partial charge in [-0.15, -0.1) is 0 Å². The van der Waals surface area contributed by atoms with Gasteiger partial charge in [0, 0.05) is 30.9 Å². The molecule has 0 aliphatic carbocycles. The lowest BCUT2D eigenvalue weighted by Crippen LogP contribution is -2.47. The molecule has 0 spiro atoms. The Morgan fingerprint density at radius 3 is 2.75 bits per heavy atom. The summed E-state index contributed by atoms with van der Waals surface area (Å²) in [5.74, 6) is 0.402. The summed E-state index contributed by atoms with van der Waals surface area (Å²) in [6.07, 6.45) is -0.0740.